The molecule has 0 atom stereocenters. The van der Waals surface area contributed by atoms with Crippen LogP contribution in [-0.4, -0.2) is 19.2 Å². The number of nitrogens with zero attached hydrogens (tertiary/aromatic N) is 1. The van der Waals surface area contributed by atoms with Crippen LogP contribution in [0.4, 0.5) is 0 Å². The lowest BCUT2D eigenvalue weighted by atomic mass is 10.2. The molecule has 2 rings (SSSR count). The lowest BCUT2D eigenvalue weighted by Gasteiger charge is -2.13. The first kappa shape index (κ1) is 15.7. The van der Waals surface area contributed by atoms with E-state index in [2.05, 4.69) is 6.07 Å². The minimum Gasteiger partial charge on any atom is -0.295 e. The Labute approximate surface area is 133 Å². The van der Waals surface area contributed by atoms with Crippen molar-refractivity contribution in [1.29, 1.82) is 0 Å². The normalized spacial score (nSPS) is 11.1. The molecule has 2 aromatic carbocycles. The Morgan fingerprint density at radius 2 is 1.80 bits per heavy atom. The maximum Gasteiger partial charge on any atom is 0.0946 e. The van der Waals surface area contributed by atoms with Gasteiger partial charge in [-0.25, -0.2) is 0 Å². The number of hydrogen-bond acceptors (Lipinski definition) is 3. The van der Waals surface area contributed by atoms with Gasteiger partial charge in [0.25, 0.3) is 0 Å². The van der Waals surface area contributed by atoms with Crippen molar-refractivity contribution in [2.45, 2.75) is 16.4 Å². The molecular weight excluding hydrogens is 313 g/mol. The van der Waals surface area contributed by atoms with Gasteiger partial charge in [-0.15, -0.1) is 0 Å². The Kier molecular flexibility index (Phi) is 5.75. The van der Waals surface area contributed by atoms with Crippen molar-refractivity contribution in [3.05, 3.63) is 58.1 Å². The van der Waals surface area contributed by atoms with E-state index >= 15 is 0 Å². The van der Waals surface area contributed by atoms with Crippen LogP contribution >= 0.6 is 35.0 Å². The summed E-state index contributed by atoms with van der Waals surface area (Å²) in [5.74, 6) is 0. The lowest BCUT2D eigenvalue weighted by Crippen LogP contribution is -2.12. The molecule has 106 valence electrons. The summed E-state index contributed by atoms with van der Waals surface area (Å²) < 4.78 is 0. The van der Waals surface area contributed by atoms with Gasteiger partial charge in [-0.2, -0.15) is 5.06 Å². The highest BCUT2D eigenvalue weighted by Gasteiger charge is 2.08. The van der Waals surface area contributed by atoms with Gasteiger partial charge in [0.1, 0.15) is 0 Å². The maximum absolute atomic E-state index is 6.21. The average Bonchev–Trinajstić information content (AvgIpc) is 2.42. The molecule has 0 saturated heterocycles. The second-order valence-electron chi connectivity index (χ2n) is 4.37. The van der Waals surface area contributed by atoms with Crippen molar-refractivity contribution in [3.8, 4) is 0 Å². The van der Waals surface area contributed by atoms with E-state index in [9.17, 15) is 0 Å². The molecule has 0 unspecified atom stereocenters. The first-order chi connectivity index (χ1) is 9.56. The molecule has 0 aliphatic rings. The second kappa shape index (κ2) is 7.34. The molecule has 0 bridgehead atoms. The fourth-order valence-corrected chi connectivity index (χ4v) is 3.06. The van der Waals surface area contributed by atoms with E-state index < -0.39 is 0 Å². The third kappa shape index (κ3) is 4.40. The predicted molar refractivity (Wildman–Crippen MR) is 85.5 cm³/mol. The summed E-state index contributed by atoms with van der Waals surface area (Å²) in [5.41, 5.74) is 1.11. The summed E-state index contributed by atoms with van der Waals surface area (Å²) in [7, 11) is 3.73. The molecule has 0 aliphatic heterocycles. The summed E-state index contributed by atoms with van der Waals surface area (Å²) in [6, 6.07) is 13.6. The predicted octanol–water partition coefficient (Wildman–Crippen LogP) is 5.14. The molecule has 0 fully saturated rings. The molecule has 2 nitrogen and oxygen atoms in total. The van der Waals surface area contributed by atoms with Gasteiger partial charge in [0.05, 0.1) is 11.6 Å². The number of halogens is 2. The van der Waals surface area contributed by atoms with E-state index in [1.807, 2.05) is 44.4 Å². The summed E-state index contributed by atoms with van der Waals surface area (Å²) in [6.07, 6.45) is 0. The number of hydrogen-bond donors (Lipinski definition) is 0. The molecule has 0 N–H and O–H groups in total. The fourth-order valence-electron chi connectivity index (χ4n) is 1.60. The van der Waals surface area contributed by atoms with Crippen molar-refractivity contribution in [2.24, 2.45) is 0 Å². The molecule has 2 aromatic rings. The highest BCUT2D eigenvalue weighted by atomic mass is 35.5. The molecule has 20 heavy (non-hydrogen) atoms. The van der Waals surface area contributed by atoms with Crippen LogP contribution in [0.3, 0.4) is 0 Å². The zero-order chi connectivity index (χ0) is 14.5. The Balaban J connectivity index is 2.22. The molecule has 0 saturated carbocycles. The Bertz CT molecular complexity index is 590. The highest BCUT2D eigenvalue weighted by molar-refractivity contribution is 7.99. The second-order valence-corrected chi connectivity index (χ2v) is 6.30. The van der Waals surface area contributed by atoms with E-state index in [4.69, 9.17) is 28.0 Å². The van der Waals surface area contributed by atoms with Crippen molar-refractivity contribution in [3.63, 3.8) is 0 Å². The van der Waals surface area contributed by atoms with Gasteiger partial charge in [-0.05, 0) is 29.8 Å². The van der Waals surface area contributed by atoms with Crippen LogP contribution < -0.4 is 0 Å². The molecule has 0 aromatic heterocycles. The summed E-state index contributed by atoms with van der Waals surface area (Å²) >= 11 is 13.8. The first-order valence-corrected chi connectivity index (χ1v) is 7.64. The van der Waals surface area contributed by atoms with Gasteiger partial charge in [0.15, 0.2) is 0 Å². The van der Waals surface area contributed by atoms with Gasteiger partial charge in [0, 0.05) is 28.9 Å². The summed E-state index contributed by atoms with van der Waals surface area (Å²) in [5, 5.41) is 3.06. The third-order valence-corrected chi connectivity index (χ3v) is 4.42. The van der Waals surface area contributed by atoms with Gasteiger partial charge < -0.3 is 0 Å². The molecular formula is C15H15Cl2NOS. The minimum absolute atomic E-state index is 0.522. The van der Waals surface area contributed by atoms with Crippen LogP contribution in [-0.2, 0) is 11.4 Å². The lowest BCUT2D eigenvalue weighted by molar-refractivity contribution is -0.131. The smallest absolute Gasteiger partial charge is 0.0946 e. The minimum atomic E-state index is 0.522. The third-order valence-electron chi connectivity index (χ3n) is 2.56. The fraction of sp³-hybridized carbons (Fsp3) is 0.200. The molecule has 0 aliphatic carbocycles. The standard InChI is InChI=1S/C15H15Cl2NOS/c1-18(2)19-10-11-5-3-4-6-14(11)20-15-9-12(16)7-8-13(15)17/h3-9H,10H2,1-2H3. The van der Waals surface area contributed by atoms with E-state index in [0.29, 0.717) is 16.7 Å². The van der Waals surface area contributed by atoms with E-state index in [0.717, 1.165) is 15.4 Å². The number of rotatable bonds is 5. The van der Waals surface area contributed by atoms with Crippen molar-refractivity contribution >= 4 is 35.0 Å². The topological polar surface area (TPSA) is 12.5 Å². The van der Waals surface area contributed by atoms with Crippen molar-refractivity contribution in [1.82, 2.24) is 5.06 Å². The average molecular weight is 328 g/mol. The SMILES string of the molecule is CN(C)OCc1ccccc1Sc1cc(Cl)ccc1Cl. The number of hydroxylamine groups is 2. The van der Waals surface area contributed by atoms with Crippen LogP contribution in [0, 0.1) is 0 Å². The Morgan fingerprint density at radius 1 is 1.05 bits per heavy atom. The zero-order valence-corrected chi connectivity index (χ0v) is 13.6. The summed E-state index contributed by atoms with van der Waals surface area (Å²) in [4.78, 5) is 7.57. The molecule has 0 spiro atoms. The van der Waals surface area contributed by atoms with E-state index in [-0.39, 0.29) is 0 Å². The van der Waals surface area contributed by atoms with Gasteiger partial charge in [0.2, 0.25) is 0 Å². The van der Waals surface area contributed by atoms with Crippen LogP contribution in [0.15, 0.2) is 52.3 Å². The maximum atomic E-state index is 6.21. The first-order valence-electron chi connectivity index (χ1n) is 6.07. The monoisotopic (exact) mass is 327 g/mol. The zero-order valence-electron chi connectivity index (χ0n) is 11.3. The molecule has 0 radical (unpaired) electrons. The number of benzene rings is 2. The van der Waals surface area contributed by atoms with Crippen LogP contribution in [0.2, 0.25) is 10.0 Å². The van der Waals surface area contributed by atoms with Gasteiger partial charge >= 0.3 is 0 Å². The molecule has 0 amide bonds. The van der Waals surface area contributed by atoms with Crippen molar-refractivity contribution < 1.29 is 4.84 Å². The largest absolute Gasteiger partial charge is 0.295 e. The summed E-state index contributed by atoms with van der Waals surface area (Å²) in [6.45, 7) is 0.522. The Hall–Kier alpha value is -0.710. The molecule has 5 heteroatoms. The highest BCUT2D eigenvalue weighted by Crippen LogP contribution is 2.36. The van der Waals surface area contributed by atoms with Crippen LogP contribution in [0.5, 0.6) is 0 Å². The van der Waals surface area contributed by atoms with Gasteiger partial charge in [-0.3, -0.25) is 4.84 Å². The van der Waals surface area contributed by atoms with Crippen LogP contribution in [0.1, 0.15) is 5.56 Å². The molecule has 0 heterocycles. The Morgan fingerprint density at radius 3 is 2.55 bits per heavy atom. The van der Waals surface area contributed by atoms with Gasteiger partial charge in [-0.1, -0.05) is 53.2 Å². The van der Waals surface area contributed by atoms with E-state index in [1.54, 1.807) is 22.9 Å². The van der Waals surface area contributed by atoms with Crippen molar-refractivity contribution in [2.75, 3.05) is 14.1 Å². The van der Waals surface area contributed by atoms with Crippen LogP contribution in [0.25, 0.3) is 0 Å². The quantitative estimate of drug-likeness (QED) is 0.705. The van der Waals surface area contributed by atoms with E-state index in [1.165, 1.54) is 0 Å².